The number of rotatable bonds is 6. The van der Waals surface area contributed by atoms with Crippen molar-refractivity contribution in [3.05, 3.63) is 77.0 Å². The Labute approximate surface area is 158 Å². The smallest absolute Gasteiger partial charge is 0.339 e. The molecule has 0 bridgehead atoms. The van der Waals surface area contributed by atoms with Crippen LogP contribution in [-0.2, 0) is 11.3 Å². The monoisotopic (exact) mass is 362 g/mol. The number of nitrogens with one attached hydrogen (secondary N) is 2. The highest BCUT2D eigenvalue weighted by Crippen LogP contribution is 2.21. The molecule has 0 fully saturated rings. The lowest BCUT2D eigenvalue weighted by Gasteiger charge is -2.12. The zero-order valence-corrected chi connectivity index (χ0v) is 15.6. The van der Waals surface area contributed by atoms with Crippen LogP contribution in [0.2, 0.25) is 0 Å². The highest BCUT2D eigenvalue weighted by atomic mass is 16.5. The number of hydrogen-bond acceptors (Lipinski definition) is 6. The van der Waals surface area contributed by atoms with Gasteiger partial charge in [-0.05, 0) is 31.5 Å². The Morgan fingerprint density at radius 2 is 1.85 bits per heavy atom. The van der Waals surface area contributed by atoms with Crippen LogP contribution in [0, 0.1) is 13.8 Å². The minimum atomic E-state index is -0.401. The summed E-state index contributed by atoms with van der Waals surface area (Å²) in [6, 6.07) is 17.2. The maximum Gasteiger partial charge on any atom is 0.339 e. The molecule has 0 radical (unpaired) electrons. The van der Waals surface area contributed by atoms with Crippen LogP contribution in [0.4, 0.5) is 17.5 Å². The third-order valence-corrected chi connectivity index (χ3v) is 3.98. The fraction of sp³-hybridized carbons (Fsp3) is 0.190. The molecular formula is C21H22N4O2. The van der Waals surface area contributed by atoms with E-state index in [9.17, 15) is 4.79 Å². The topological polar surface area (TPSA) is 76.1 Å². The lowest BCUT2D eigenvalue weighted by Crippen LogP contribution is -2.08. The van der Waals surface area contributed by atoms with Crippen LogP contribution in [0.3, 0.4) is 0 Å². The van der Waals surface area contributed by atoms with Crippen molar-refractivity contribution < 1.29 is 9.53 Å². The summed E-state index contributed by atoms with van der Waals surface area (Å²) in [4.78, 5) is 20.9. The van der Waals surface area contributed by atoms with E-state index in [-0.39, 0.29) is 0 Å². The maximum absolute atomic E-state index is 11.9. The lowest BCUT2D eigenvalue weighted by molar-refractivity contribution is 0.0602. The molecule has 0 amide bonds. The molecule has 0 unspecified atom stereocenters. The van der Waals surface area contributed by atoms with Crippen molar-refractivity contribution in [1.82, 2.24) is 9.97 Å². The van der Waals surface area contributed by atoms with E-state index in [0.29, 0.717) is 29.6 Å². The number of para-hydroxylation sites is 1. The predicted molar refractivity (Wildman–Crippen MR) is 106 cm³/mol. The number of carbonyl (C=O) groups excluding carboxylic acids is 1. The van der Waals surface area contributed by atoms with E-state index in [4.69, 9.17) is 4.74 Å². The van der Waals surface area contributed by atoms with Crippen LogP contribution in [0.1, 0.15) is 27.2 Å². The maximum atomic E-state index is 11.9. The Morgan fingerprint density at radius 1 is 1.04 bits per heavy atom. The molecule has 0 aliphatic carbocycles. The molecule has 138 valence electrons. The number of aryl methyl sites for hydroxylation is 2. The molecule has 2 N–H and O–H groups in total. The minimum absolute atomic E-state index is 0.401. The first-order valence-electron chi connectivity index (χ1n) is 8.64. The molecular weight excluding hydrogens is 340 g/mol. The van der Waals surface area contributed by atoms with Crippen LogP contribution in [0.5, 0.6) is 0 Å². The molecule has 0 saturated heterocycles. The first-order chi connectivity index (χ1) is 13.0. The van der Waals surface area contributed by atoms with Crippen molar-refractivity contribution in [2.24, 2.45) is 0 Å². The first kappa shape index (κ1) is 18.4. The van der Waals surface area contributed by atoms with Gasteiger partial charge in [-0.25, -0.2) is 9.78 Å². The van der Waals surface area contributed by atoms with E-state index in [1.165, 1.54) is 12.7 Å². The van der Waals surface area contributed by atoms with Gasteiger partial charge in [0.05, 0.1) is 18.4 Å². The third-order valence-electron chi connectivity index (χ3n) is 3.98. The van der Waals surface area contributed by atoms with Crippen molar-refractivity contribution in [1.29, 1.82) is 0 Å². The zero-order valence-electron chi connectivity index (χ0n) is 15.6. The zero-order chi connectivity index (χ0) is 19.2. The average Bonchev–Trinajstić information content (AvgIpc) is 2.66. The largest absolute Gasteiger partial charge is 0.465 e. The lowest BCUT2D eigenvalue weighted by atomic mass is 10.1. The third kappa shape index (κ3) is 4.82. The van der Waals surface area contributed by atoms with Crippen molar-refractivity contribution >= 4 is 23.4 Å². The normalized spacial score (nSPS) is 10.3. The number of carbonyl (C=O) groups is 1. The number of aromatic nitrogens is 2. The number of esters is 1. The summed E-state index contributed by atoms with van der Waals surface area (Å²) in [6.45, 7) is 4.59. The highest BCUT2D eigenvalue weighted by molar-refractivity contribution is 5.96. The summed E-state index contributed by atoms with van der Waals surface area (Å²) in [6.07, 6.45) is 0. The van der Waals surface area contributed by atoms with Gasteiger partial charge in [-0.3, -0.25) is 0 Å². The summed E-state index contributed by atoms with van der Waals surface area (Å²) in [5, 5.41) is 6.43. The van der Waals surface area contributed by atoms with Gasteiger partial charge in [0.1, 0.15) is 5.82 Å². The van der Waals surface area contributed by atoms with Gasteiger partial charge in [0.2, 0.25) is 5.95 Å². The first-order valence-corrected chi connectivity index (χ1v) is 8.64. The Bertz CT molecular complexity index is 956. The van der Waals surface area contributed by atoms with Crippen molar-refractivity contribution in [3.8, 4) is 0 Å². The summed E-state index contributed by atoms with van der Waals surface area (Å²) in [5.41, 5.74) is 4.26. The van der Waals surface area contributed by atoms with Crippen molar-refractivity contribution in [3.63, 3.8) is 0 Å². The molecule has 1 aromatic heterocycles. The SMILES string of the molecule is COC(=O)c1ccccc1Nc1cc(C)nc(NCc2cccc(C)c2)n1. The van der Waals surface area contributed by atoms with E-state index in [1.807, 2.05) is 31.2 Å². The van der Waals surface area contributed by atoms with E-state index in [1.54, 1.807) is 12.1 Å². The van der Waals surface area contributed by atoms with Crippen molar-refractivity contribution in [2.45, 2.75) is 20.4 Å². The van der Waals surface area contributed by atoms with E-state index < -0.39 is 5.97 Å². The van der Waals surface area contributed by atoms with Gasteiger partial charge in [0.15, 0.2) is 0 Å². The Morgan fingerprint density at radius 3 is 2.63 bits per heavy atom. The Kier molecular flexibility index (Phi) is 5.66. The van der Waals surface area contributed by atoms with Gasteiger partial charge in [0, 0.05) is 18.3 Å². The predicted octanol–water partition coefficient (Wildman–Crippen LogP) is 4.24. The van der Waals surface area contributed by atoms with Gasteiger partial charge in [0.25, 0.3) is 0 Å². The van der Waals surface area contributed by atoms with E-state index >= 15 is 0 Å². The summed E-state index contributed by atoms with van der Waals surface area (Å²) in [5.74, 6) is 0.724. The Hall–Kier alpha value is -3.41. The number of anilines is 3. The quantitative estimate of drug-likeness (QED) is 0.639. The molecule has 0 saturated carbocycles. The second-order valence-electron chi connectivity index (χ2n) is 6.22. The molecule has 2 aromatic carbocycles. The second kappa shape index (κ2) is 8.31. The number of hydrogen-bond donors (Lipinski definition) is 2. The van der Waals surface area contributed by atoms with Crippen LogP contribution >= 0.6 is 0 Å². The van der Waals surface area contributed by atoms with E-state index in [0.717, 1.165) is 11.3 Å². The molecule has 27 heavy (non-hydrogen) atoms. The molecule has 0 aliphatic heterocycles. The number of benzene rings is 2. The van der Waals surface area contributed by atoms with Gasteiger partial charge in [-0.15, -0.1) is 0 Å². The molecule has 1 heterocycles. The van der Waals surface area contributed by atoms with Gasteiger partial charge < -0.3 is 15.4 Å². The average molecular weight is 362 g/mol. The molecule has 6 nitrogen and oxygen atoms in total. The van der Waals surface area contributed by atoms with Gasteiger partial charge >= 0.3 is 5.97 Å². The summed E-state index contributed by atoms with van der Waals surface area (Å²) >= 11 is 0. The van der Waals surface area contributed by atoms with E-state index in [2.05, 4.69) is 45.7 Å². The van der Waals surface area contributed by atoms with Crippen LogP contribution in [0.15, 0.2) is 54.6 Å². The molecule has 0 aliphatic rings. The molecule has 6 heteroatoms. The van der Waals surface area contributed by atoms with Crippen LogP contribution < -0.4 is 10.6 Å². The van der Waals surface area contributed by atoms with Gasteiger partial charge in [-0.2, -0.15) is 4.98 Å². The summed E-state index contributed by atoms with van der Waals surface area (Å²) < 4.78 is 4.84. The number of ether oxygens (including phenoxy) is 1. The fourth-order valence-electron chi connectivity index (χ4n) is 2.73. The fourth-order valence-corrected chi connectivity index (χ4v) is 2.73. The van der Waals surface area contributed by atoms with Crippen LogP contribution in [0.25, 0.3) is 0 Å². The summed E-state index contributed by atoms with van der Waals surface area (Å²) in [7, 11) is 1.36. The molecule has 0 spiro atoms. The molecule has 0 atom stereocenters. The second-order valence-corrected chi connectivity index (χ2v) is 6.22. The molecule has 3 rings (SSSR count). The number of methoxy groups -OCH3 is 1. The number of nitrogens with zero attached hydrogens (tertiary/aromatic N) is 2. The highest BCUT2D eigenvalue weighted by Gasteiger charge is 2.12. The standard InChI is InChI=1S/C21H22N4O2/c1-14-7-6-8-16(11-14)13-22-21-23-15(2)12-19(25-21)24-18-10-5-4-9-17(18)20(26)27-3/h4-12H,13H2,1-3H3,(H2,22,23,24,25). The molecule has 3 aromatic rings. The van der Waals surface area contributed by atoms with Crippen LogP contribution in [-0.4, -0.2) is 23.0 Å². The van der Waals surface area contributed by atoms with Gasteiger partial charge in [-0.1, -0.05) is 42.0 Å². The minimum Gasteiger partial charge on any atom is -0.465 e. The Balaban J connectivity index is 1.79. The van der Waals surface area contributed by atoms with Crippen molar-refractivity contribution in [2.75, 3.05) is 17.7 Å².